The van der Waals surface area contributed by atoms with E-state index < -0.39 is 5.60 Å². The number of hydrogen-bond acceptors (Lipinski definition) is 5. The second-order valence-electron chi connectivity index (χ2n) is 11.9. The average molecular weight is 524 g/mol. The van der Waals surface area contributed by atoms with Gasteiger partial charge in [-0.25, -0.2) is 4.79 Å². The van der Waals surface area contributed by atoms with Gasteiger partial charge >= 0.3 is 5.97 Å². The first-order valence-electron chi connectivity index (χ1n) is 13.4. The lowest BCUT2D eigenvalue weighted by molar-refractivity contribution is 0.00695. The van der Waals surface area contributed by atoms with E-state index in [4.69, 9.17) is 25.8 Å². The highest BCUT2D eigenvalue weighted by molar-refractivity contribution is 6.30. The van der Waals surface area contributed by atoms with Crippen molar-refractivity contribution in [3.8, 4) is 5.75 Å². The standard InChI is InChI=1S/C31H38ClNO4/c1-30(2,3)37-29(34)23-9-12-28-27(17-23)33(18-24-8-7-21(24)13-15-35-4)19-31(20-36-28)14-5-6-22-16-25(32)10-11-26(22)31/h9-13,15-17,21,24H,5-8,14,18-20H2,1-4H3/b15-13-/t21-,24-,31-/m0/s1. The van der Waals surface area contributed by atoms with Crippen LogP contribution in [0, 0.1) is 11.8 Å². The number of hydrogen-bond donors (Lipinski definition) is 0. The van der Waals surface area contributed by atoms with Crippen molar-refractivity contribution in [2.75, 3.05) is 31.7 Å². The van der Waals surface area contributed by atoms with E-state index in [0.717, 1.165) is 48.8 Å². The second-order valence-corrected chi connectivity index (χ2v) is 12.3. The first-order chi connectivity index (χ1) is 17.7. The summed E-state index contributed by atoms with van der Waals surface area (Å²) in [5, 5.41) is 0.787. The predicted octanol–water partition coefficient (Wildman–Crippen LogP) is 6.95. The minimum Gasteiger partial charge on any atom is -0.505 e. The predicted molar refractivity (Wildman–Crippen MR) is 148 cm³/mol. The highest BCUT2D eigenvalue weighted by Gasteiger charge is 2.43. The van der Waals surface area contributed by atoms with Gasteiger partial charge in [0.2, 0.25) is 0 Å². The third-order valence-electron chi connectivity index (χ3n) is 8.06. The van der Waals surface area contributed by atoms with E-state index >= 15 is 0 Å². The van der Waals surface area contributed by atoms with Gasteiger partial charge in [-0.05, 0) is 112 Å². The molecule has 198 valence electrons. The molecule has 1 saturated carbocycles. The van der Waals surface area contributed by atoms with E-state index in [2.05, 4.69) is 23.1 Å². The molecule has 0 aromatic heterocycles. The molecular formula is C31H38ClNO4. The molecule has 0 unspecified atom stereocenters. The average Bonchev–Trinajstić information content (AvgIpc) is 2.98. The lowest BCUT2D eigenvalue weighted by atomic mass is 9.69. The van der Waals surface area contributed by atoms with Gasteiger partial charge in [0.05, 0.1) is 31.2 Å². The summed E-state index contributed by atoms with van der Waals surface area (Å²) in [6.07, 6.45) is 9.55. The summed E-state index contributed by atoms with van der Waals surface area (Å²) < 4.78 is 17.5. The number of nitrogens with zero attached hydrogens (tertiary/aromatic N) is 1. The van der Waals surface area contributed by atoms with Crippen molar-refractivity contribution in [1.29, 1.82) is 0 Å². The van der Waals surface area contributed by atoms with Crippen LogP contribution in [0.5, 0.6) is 5.75 Å². The minimum atomic E-state index is -0.552. The van der Waals surface area contributed by atoms with Gasteiger partial charge in [0.25, 0.3) is 0 Å². The minimum absolute atomic E-state index is 0.134. The van der Waals surface area contributed by atoms with Crippen LogP contribution in [0.3, 0.4) is 0 Å². The summed E-state index contributed by atoms with van der Waals surface area (Å²) in [6, 6.07) is 12.1. The summed E-state index contributed by atoms with van der Waals surface area (Å²) >= 11 is 6.38. The Hall–Kier alpha value is -2.66. The lowest BCUT2D eigenvalue weighted by Gasteiger charge is -2.44. The van der Waals surface area contributed by atoms with Crippen molar-refractivity contribution in [1.82, 2.24) is 0 Å². The number of benzene rings is 2. The molecule has 5 rings (SSSR count). The number of methoxy groups -OCH3 is 1. The fraction of sp³-hybridized carbons (Fsp3) is 0.516. The van der Waals surface area contributed by atoms with Crippen LogP contribution in [0.2, 0.25) is 5.02 Å². The number of aryl methyl sites for hydroxylation is 1. The Morgan fingerprint density at radius 1 is 1.22 bits per heavy atom. The van der Waals surface area contributed by atoms with Crippen molar-refractivity contribution < 1.29 is 19.0 Å². The number of carbonyl (C=O) groups excluding carboxylic acids is 1. The van der Waals surface area contributed by atoms with E-state index in [0.29, 0.717) is 24.0 Å². The number of carbonyl (C=O) groups is 1. The van der Waals surface area contributed by atoms with Crippen LogP contribution in [0.25, 0.3) is 0 Å². The Kier molecular flexibility index (Phi) is 7.19. The van der Waals surface area contributed by atoms with Crippen LogP contribution >= 0.6 is 11.6 Å². The van der Waals surface area contributed by atoms with Crippen LogP contribution in [0.15, 0.2) is 48.7 Å². The molecule has 1 fully saturated rings. The van der Waals surface area contributed by atoms with E-state index in [1.165, 1.54) is 24.0 Å². The van der Waals surface area contributed by atoms with Gasteiger partial charge in [0.1, 0.15) is 11.4 Å². The molecule has 1 aliphatic heterocycles. The smallest absolute Gasteiger partial charge is 0.338 e. The lowest BCUT2D eigenvalue weighted by Crippen LogP contribution is -2.48. The molecule has 3 atom stereocenters. The number of halogens is 1. The van der Waals surface area contributed by atoms with Crippen molar-refractivity contribution in [3.63, 3.8) is 0 Å². The molecular weight excluding hydrogens is 486 g/mol. The van der Waals surface area contributed by atoms with Crippen molar-refractivity contribution >= 4 is 23.3 Å². The fourth-order valence-electron chi connectivity index (χ4n) is 6.12. The van der Waals surface area contributed by atoms with Crippen molar-refractivity contribution in [2.45, 2.75) is 63.9 Å². The highest BCUT2D eigenvalue weighted by atomic mass is 35.5. The normalized spacial score (nSPS) is 25.1. The first-order valence-corrected chi connectivity index (χ1v) is 13.8. The summed E-state index contributed by atoms with van der Waals surface area (Å²) in [5.41, 5.74) is 3.51. The molecule has 0 bridgehead atoms. The zero-order valence-corrected chi connectivity index (χ0v) is 23.1. The monoisotopic (exact) mass is 523 g/mol. The van der Waals surface area contributed by atoms with Crippen LogP contribution < -0.4 is 9.64 Å². The molecule has 2 aromatic carbocycles. The first kappa shape index (κ1) is 26.0. The largest absolute Gasteiger partial charge is 0.505 e. The van der Waals surface area contributed by atoms with Crippen LogP contribution in [0.1, 0.15) is 67.9 Å². The van der Waals surface area contributed by atoms with E-state index in [-0.39, 0.29) is 11.4 Å². The van der Waals surface area contributed by atoms with Gasteiger partial charge in [-0.3, -0.25) is 0 Å². The zero-order valence-electron chi connectivity index (χ0n) is 22.4. The Morgan fingerprint density at radius 3 is 2.78 bits per heavy atom. The molecule has 6 heteroatoms. The highest BCUT2D eigenvalue weighted by Crippen LogP contribution is 2.46. The van der Waals surface area contributed by atoms with E-state index in [1.807, 2.05) is 45.0 Å². The molecule has 5 nitrogen and oxygen atoms in total. The van der Waals surface area contributed by atoms with Gasteiger partial charge in [-0.2, -0.15) is 0 Å². The third kappa shape index (κ3) is 5.47. The van der Waals surface area contributed by atoms with Crippen molar-refractivity contribution in [2.24, 2.45) is 11.8 Å². The van der Waals surface area contributed by atoms with Crippen LogP contribution in [-0.2, 0) is 21.3 Å². The molecule has 2 aliphatic carbocycles. The topological polar surface area (TPSA) is 48.0 Å². The summed E-state index contributed by atoms with van der Waals surface area (Å²) in [5.74, 6) is 1.54. The SMILES string of the molecule is CO/C=C\[C@@H]1CC[C@H]1CN1C[C@@]2(CCCc3cc(Cl)ccc32)COc2ccc(C(=O)OC(C)(C)C)cc21. The molecule has 3 aliphatic rings. The molecule has 37 heavy (non-hydrogen) atoms. The zero-order chi connectivity index (χ0) is 26.2. The molecule has 1 spiro atoms. The molecule has 0 radical (unpaired) electrons. The fourth-order valence-corrected chi connectivity index (χ4v) is 6.31. The molecule has 0 saturated heterocycles. The third-order valence-corrected chi connectivity index (χ3v) is 8.30. The maximum Gasteiger partial charge on any atom is 0.338 e. The second kappa shape index (κ2) is 10.2. The number of ether oxygens (including phenoxy) is 3. The van der Waals surface area contributed by atoms with Gasteiger partial charge in [-0.1, -0.05) is 17.7 Å². The number of anilines is 1. The molecule has 0 N–H and O–H groups in total. The number of esters is 1. The molecule has 0 amide bonds. The maximum absolute atomic E-state index is 13.0. The quantitative estimate of drug-likeness (QED) is 0.313. The Balaban J connectivity index is 1.52. The molecule has 2 aromatic rings. The van der Waals surface area contributed by atoms with Gasteiger partial charge in [-0.15, -0.1) is 0 Å². The van der Waals surface area contributed by atoms with Gasteiger partial charge in [0.15, 0.2) is 0 Å². The summed E-state index contributed by atoms with van der Waals surface area (Å²) in [4.78, 5) is 15.4. The van der Waals surface area contributed by atoms with Crippen molar-refractivity contribution in [3.05, 3.63) is 70.4 Å². The van der Waals surface area contributed by atoms with Crippen LogP contribution in [0.4, 0.5) is 5.69 Å². The Morgan fingerprint density at radius 2 is 2.05 bits per heavy atom. The molecule has 1 heterocycles. The number of rotatable bonds is 5. The van der Waals surface area contributed by atoms with Gasteiger partial charge < -0.3 is 19.1 Å². The summed E-state index contributed by atoms with van der Waals surface area (Å²) in [7, 11) is 1.70. The van der Waals surface area contributed by atoms with E-state index in [9.17, 15) is 4.79 Å². The van der Waals surface area contributed by atoms with Gasteiger partial charge in [0, 0.05) is 23.5 Å². The Labute approximate surface area is 225 Å². The van der Waals surface area contributed by atoms with E-state index in [1.54, 1.807) is 13.4 Å². The maximum atomic E-state index is 13.0. The number of allylic oxidation sites excluding steroid dienone is 1. The Bertz CT molecular complexity index is 1190. The van der Waals surface area contributed by atoms with Crippen LogP contribution in [-0.4, -0.2) is 38.4 Å². The summed E-state index contributed by atoms with van der Waals surface area (Å²) in [6.45, 7) is 8.02. The number of fused-ring (bicyclic) bond motifs is 3.